The van der Waals surface area contributed by atoms with E-state index < -0.39 is 5.91 Å². The van der Waals surface area contributed by atoms with Crippen LogP contribution in [0.25, 0.3) is 6.08 Å². The molecule has 0 radical (unpaired) electrons. The molecular formula is C24H24N2O4. The summed E-state index contributed by atoms with van der Waals surface area (Å²) in [7, 11) is 1.60. The van der Waals surface area contributed by atoms with Crippen LogP contribution >= 0.6 is 0 Å². The lowest BCUT2D eigenvalue weighted by Gasteiger charge is -2.17. The molecule has 2 N–H and O–H groups in total. The average Bonchev–Trinajstić information content (AvgIpc) is 3.26. The highest BCUT2D eigenvalue weighted by Gasteiger charge is 2.18. The number of nitrogens with one attached hydrogen (secondary N) is 2. The molecule has 2 aromatic carbocycles. The SMILES string of the molecule is COc1ccc([C@H](C)NC(=O)/C(=C/c2ccco2)NC(=O)c2ccccc2C)cc1. The van der Waals surface area contributed by atoms with E-state index in [4.69, 9.17) is 9.15 Å². The van der Waals surface area contributed by atoms with E-state index in [-0.39, 0.29) is 17.6 Å². The number of furan rings is 1. The van der Waals surface area contributed by atoms with Gasteiger partial charge >= 0.3 is 0 Å². The first kappa shape index (κ1) is 20.9. The predicted molar refractivity (Wildman–Crippen MR) is 115 cm³/mol. The molecule has 154 valence electrons. The quantitative estimate of drug-likeness (QED) is 0.577. The molecule has 0 fully saturated rings. The minimum Gasteiger partial charge on any atom is -0.497 e. The Bertz CT molecular complexity index is 1040. The summed E-state index contributed by atoms with van der Waals surface area (Å²) >= 11 is 0. The fraction of sp³-hybridized carbons (Fsp3) is 0.167. The largest absolute Gasteiger partial charge is 0.497 e. The standard InChI is InChI=1S/C24H24N2O4/c1-16-7-4-5-9-21(16)23(27)26-22(15-20-8-6-14-30-20)24(28)25-17(2)18-10-12-19(29-3)13-11-18/h4-15,17H,1-3H3,(H,25,28)(H,26,27)/b22-15-/t17-/m0/s1. The number of hydrogen-bond donors (Lipinski definition) is 2. The van der Waals surface area contributed by atoms with Gasteiger partial charge in [0.2, 0.25) is 0 Å². The predicted octanol–water partition coefficient (Wildman–Crippen LogP) is 4.24. The maximum absolute atomic E-state index is 13.0. The van der Waals surface area contributed by atoms with Gasteiger partial charge in [-0.3, -0.25) is 9.59 Å². The summed E-state index contributed by atoms with van der Waals surface area (Å²) in [5, 5.41) is 5.63. The molecule has 0 spiro atoms. The first-order chi connectivity index (χ1) is 14.5. The van der Waals surface area contributed by atoms with Crippen molar-refractivity contribution in [1.29, 1.82) is 0 Å². The molecule has 3 rings (SSSR count). The number of benzene rings is 2. The van der Waals surface area contributed by atoms with Crippen molar-refractivity contribution in [2.24, 2.45) is 0 Å². The van der Waals surface area contributed by atoms with Crippen LogP contribution in [0.4, 0.5) is 0 Å². The maximum Gasteiger partial charge on any atom is 0.268 e. The Labute approximate surface area is 175 Å². The summed E-state index contributed by atoms with van der Waals surface area (Å²) in [6.07, 6.45) is 3.01. The zero-order chi connectivity index (χ0) is 21.5. The van der Waals surface area contributed by atoms with E-state index in [0.29, 0.717) is 11.3 Å². The molecule has 0 unspecified atom stereocenters. The highest BCUT2D eigenvalue weighted by molar-refractivity contribution is 6.05. The fourth-order valence-electron chi connectivity index (χ4n) is 2.94. The molecule has 1 aromatic heterocycles. The maximum atomic E-state index is 13.0. The summed E-state index contributed by atoms with van der Waals surface area (Å²) in [4.78, 5) is 25.7. The normalized spacial score (nSPS) is 12.2. The third-order valence-electron chi connectivity index (χ3n) is 4.68. The average molecular weight is 404 g/mol. The molecule has 0 saturated carbocycles. The van der Waals surface area contributed by atoms with E-state index in [9.17, 15) is 9.59 Å². The molecular weight excluding hydrogens is 380 g/mol. The lowest BCUT2D eigenvalue weighted by molar-refractivity contribution is -0.118. The number of carbonyl (C=O) groups is 2. The Morgan fingerprint density at radius 3 is 2.40 bits per heavy atom. The number of hydrogen-bond acceptors (Lipinski definition) is 4. The Balaban J connectivity index is 1.80. The van der Waals surface area contributed by atoms with Crippen LogP contribution in [0.1, 0.15) is 40.2 Å². The lowest BCUT2D eigenvalue weighted by Crippen LogP contribution is -2.36. The molecule has 0 aliphatic carbocycles. The summed E-state index contributed by atoms with van der Waals surface area (Å²) < 4.78 is 10.5. The van der Waals surface area contributed by atoms with Crippen molar-refractivity contribution in [3.05, 3.63) is 95.1 Å². The van der Waals surface area contributed by atoms with E-state index in [2.05, 4.69) is 10.6 Å². The van der Waals surface area contributed by atoms with E-state index in [0.717, 1.165) is 16.9 Å². The van der Waals surface area contributed by atoms with Crippen LogP contribution in [0, 0.1) is 6.92 Å². The number of aryl methyl sites for hydroxylation is 1. The molecule has 6 heteroatoms. The van der Waals surface area contributed by atoms with Gasteiger partial charge in [0.1, 0.15) is 17.2 Å². The second-order valence-electron chi connectivity index (χ2n) is 6.81. The summed E-state index contributed by atoms with van der Waals surface area (Å²) in [6, 6.07) is 17.8. The molecule has 1 heterocycles. The van der Waals surface area contributed by atoms with Crippen molar-refractivity contribution in [3.8, 4) is 5.75 Å². The lowest BCUT2D eigenvalue weighted by atomic mass is 10.1. The van der Waals surface area contributed by atoms with Crippen LogP contribution in [0.15, 0.2) is 77.0 Å². The zero-order valence-electron chi connectivity index (χ0n) is 17.1. The van der Waals surface area contributed by atoms with E-state index >= 15 is 0 Å². The van der Waals surface area contributed by atoms with Gasteiger partial charge in [-0.2, -0.15) is 0 Å². The Morgan fingerprint density at radius 2 is 1.77 bits per heavy atom. The van der Waals surface area contributed by atoms with Gasteiger partial charge in [0, 0.05) is 11.6 Å². The van der Waals surface area contributed by atoms with Crippen molar-refractivity contribution in [2.45, 2.75) is 19.9 Å². The van der Waals surface area contributed by atoms with Crippen molar-refractivity contribution in [3.63, 3.8) is 0 Å². The molecule has 1 atom stereocenters. The highest BCUT2D eigenvalue weighted by Crippen LogP contribution is 2.18. The number of carbonyl (C=O) groups excluding carboxylic acids is 2. The van der Waals surface area contributed by atoms with Gasteiger partial charge in [-0.15, -0.1) is 0 Å². The second kappa shape index (κ2) is 9.60. The minimum absolute atomic E-state index is 0.0959. The van der Waals surface area contributed by atoms with E-state index in [1.807, 2.05) is 50.2 Å². The highest BCUT2D eigenvalue weighted by atomic mass is 16.5. The third-order valence-corrected chi connectivity index (χ3v) is 4.68. The number of ether oxygens (including phenoxy) is 1. The van der Waals surface area contributed by atoms with Crippen molar-refractivity contribution >= 4 is 17.9 Å². The number of methoxy groups -OCH3 is 1. The van der Waals surface area contributed by atoms with Gasteiger partial charge in [0.25, 0.3) is 11.8 Å². The monoisotopic (exact) mass is 404 g/mol. The Hall–Kier alpha value is -3.80. The van der Waals surface area contributed by atoms with Gasteiger partial charge in [-0.05, 0) is 55.3 Å². The number of rotatable bonds is 7. The van der Waals surface area contributed by atoms with Crippen LogP contribution in [0.3, 0.4) is 0 Å². The molecule has 30 heavy (non-hydrogen) atoms. The van der Waals surface area contributed by atoms with Crippen LogP contribution in [0.2, 0.25) is 0 Å². The van der Waals surface area contributed by atoms with Crippen molar-refractivity contribution in [1.82, 2.24) is 10.6 Å². The molecule has 0 bridgehead atoms. The second-order valence-corrected chi connectivity index (χ2v) is 6.81. The topological polar surface area (TPSA) is 80.6 Å². The van der Waals surface area contributed by atoms with Crippen LogP contribution in [-0.2, 0) is 4.79 Å². The Kier molecular flexibility index (Phi) is 6.70. The molecule has 2 amide bonds. The first-order valence-electron chi connectivity index (χ1n) is 9.55. The molecule has 3 aromatic rings. The van der Waals surface area contributed by atoms with Crippen molar-refractivity contribution in [2.75, 3.05) is 7.11 Å². The van der Waals surface area contributed by atoms with Crippen LogP contribution < -0.4 is 15.4 Å². The first-order valence-corrected chi connectivity index (χ1v) is 9.55. The molecule has 0 aliphatic rings. The fourth-order valence-corrected chi connectivity index (χ4v) is 2.94. The van der Waals surface area contributed by atoms with E-state index in [1.54, 1.807) is 31.4 Å². The summed E-state index contributed by atoms with van der Waals surface area (Å²) in [5.41, 5.74) is 2.32. The van der Waals surface area contributed by atoms with Gasteiger partial charge in [0.05, 0.1) is 19.4 Å². The zero-order valence-corrected chi connectivity index (χ0v) is 17.1. The third kappa shape index (κ3) is 5.17. The van der Waals surface area contributed by atoms with Crippen LogP contribution in [-0.4, -0.2) is 18.9 Å². The minimum atomic E-state index is -0.420. The summed E-state index contributed by atoms with van der Waals surface area (Å²) in [5.74, 6) is 0.415. The molecule has 6 nitrogen and oxygen atoms in total. The van der Waals surface area contributed by atoms with Crippen molar-refractivity contribution < 1.29 is 18.7 Å². The van der Waals surface area contributed by atoms with Gasteiger partial charge in [0.15, 0.2) is 0 Å². The smallest absolute Gasteiger partial charge is 0.268 e. The molecule has 0 aliphatic heterocycles. The van der Waals surface area contributed by atoms with Gasteiger partial charge in [-0.1, -0.05) is 30.3 Å². The Morgan fingerprint density at radius 1 is 1.03 bits per heavy atom. The molecule has 0 saturated heterocycles. The number of amides is 2. The van der Waals surface area contributed by atoms with Gasteiger partial charge in [-0.25, -0.2) is 0 Å². The van der Waals surface area contributed by atoms with Crippen LogP contribution in [0.5, 0.6) is 5.75 Å². The van der Waals surface area contributed by atoms with E-state index in [1.165, 1.54) is 12.3 Å². The summed E-state index contributed by atoms with van der Waals surface area (Å²) in [6.45, 7) is 3.71. The van der Waals surface area contributed by atoms with Gasteiger partial charge < -0.3 is 19.8 Å².